The first-order valence-electron chi connectivity index (χ1n) is 7.96. The molecule has 0 aromatic heterocycles. The van der Waals surface area contributed by atoms with Gasteiger partial charge < -0.3 is 15.4 Å². The van der Waals surface area contributed by atoms with Gasteiger partial charge in [0.05, 0.1) is 0 Å². The lowest BCUT2D eigenvalue weighted by Crippen LogP contribution is -2.46. The van der Waals surface area contributed by atoms with Gasteiger partial charge in [-0.25, -0.2) is 0 Å². The van der Waals surface area contributed by atoms with Gasteiger partial charge in [0.2, 0.25) is 0 Å². The highest BCUT2D eigenvalue weighted by Crippen LogP contribution is 2.20. The van der Waals surface area contributed by atoms with E-state index in [0.717, 1.165) is 38.0 Å². The van der Waals surface area contributed by atoms with Gasteiger partial charge in [0.15, 0.2) is 6.61 Å². The first-order chi connectivity index (χ1) is 10.2. The van der Waals surface area contributed by atoms with Crippen LogP contribution < -0.4 is 10.5 Å². The molecule has 2 rings (SSSR count). The molecule has 1 fully saturated rings. The molecule has 1 heterocycles. The van der Waals surface area contributed by atoms with Gasteiger partial charge >= 0.3 is 0 Å². The van der Waals surface area contributed by atoms with Crippen molar-refractivity contribution < 1.29 is 9.53 Å². The molecule has 1 aromatic carbocycles. The number of nitrogens with zero attached hydrogens (tertiary/aromatic N) is 1. The van der Waals surface area contributed by atoms with Gasteiger partial charge in [-0.15, -0.1) is 0 Å². The highest BCUT2D eigenvalue weighted by Gasteiger charge is 2.26. The summed E-state index contributed by atoms with van der Waals surface area (Å²) in [6.45, 7) is 3.69. The fraction of sp³-hybridized carbons (Fsp3) is 0.588. The SMILES string of the molecule is CCc1cccc(OCC(=O)N2CCCCC2CCN)c1. The average molecular weight is 290 g/mol. The minimum Gasteiger partial charge on any atom is -0.484 e. The monoisotopic (exact) mass is 290 g/mol. The second kappa shape index (κ2) is 8.03. The fourth-order valence-electron chi connectivity index (χ4n) is 2.90. The number of rotatable bonds is 6. The number of nitrogens with two attached hydrogens (primary N) is 1. The van der Waals surface area contributed by atoms with Crippen LogP contribution in [0.3, 0.4) is 0 Å². The van der Waals surface area contributed by atoms with Crippen LogP contribution in [0.15, 0.2) is 24.3 Å². The minimum atomic E-state index is 0.0788. The summed E-state index contributed by atoms with van der Waals surface area (Å²) in [6.07, 6.45) is 5.19. The van der Waals surface area contributed by atoms with Crippen molar-refractivity contribution in [2.45, 2.75) is 45.1 Å². The number of hydrogen-bond donors (Lipinski definition) is 1. The first kappa shape index (κ1) is 15.8. The molecule has 4 nitrogen and oxygen atoms in total. The molecule has 0 bridgehead atoms. The lowest BCUT2D eigenvalue weighted by molar-refractivity contribution is -0.137. The number of carbonyl (C=O) groups is 1. The van der Waals surface area contributed by atoms with Gasteiger partial charge in [-0.05, 0) is 56.3 Å². The van der Waals surface area contributed by atoms with Crippen LogP contribution >= 0.6 is 0 Å². The van der Waals surface area contributed by atoms with E-state index in [9.17, 15) is 4.79 Å². The van der Waals surface area contributed by atoms with Gasteiger partial charge in [-0.1, -0.05) is 19.1 Å². The molecule has 0 radical (unpaired) electrons. The molecule has 1 atom stereocenters. The normalized spacial score (nSPS) is 18.6. The maximum atomic E-state index is 12.4. The Morgan fingerprint density at radius 3 is 3.05 bits per heavy atom. The Balaban J connectivity index is 1.90. The molecule has 1 unspecified atom stereocenters. The van der Waals surface area contributed by atoms with Gasteiger partial charge in [0.25, 0.3) is 5.91 Å². The molecule has 0 saturated carbocycles. The number of amides is 1. The Morgan fingerprint density at radius 1 is 1.43 bits per heavy atom. The molecule has 4 heteroatoms. The molecular weight excluding hydrogens is 264 g/mol. The van der Waals surface area contributed by atoms with Crippen LogP contribution in [0.5, 0.6) is 5.75 Å². The van der Waals surface area contributed by atoms with Crippen molar-refractivity contribution in [3.63, 3.8) is 0 Å². The van der Waals surface area contributed by atoms with E-state index in [-0.39, 0.29) is 12.5 Å². The fourth-order valence-corrected chi connectivity index (χ4v) is 2.90. The predicted molar refractivity (Wildman–Crippen MR) is 84.3 cm³/mol. The molecule has 0 aliphatic carbocycles. The van der Waals surface area contributed by atoms with Crippen LogP contribution in [-0.2, 0) is 11.2 Å². The van der Waals surface area contributed by atoms with Crippen molar-refractivity contribution in [1.82, 2.24) is 4.90 Å². The summed E-state index contributed by atoms with van der Waals surface area (Å²) in [5.74, 6) is 0.852. The molecule has 1 amide bonds. The Kier molecular flexibility index (Phi) is 6.05. The Hall–Kier alpha value is -1.55. The van der Waals surface area contributed by atoms with E-state index in [1.54, 1.807) is 0 Å². The lowest BCUT2D eigenvalue weighted by Gasteiger charge is -2.35. The number of ether oxygens (including phenoxy) is 1. The van der Waals surface area contributed by atoms with E-state index in [4.69, 9.17) is 10.5 Å². The van der Waals surface area contributed by atoms with E-state index in [0.29, 0.717) is 12.6 Å². The molecule has 1 aromatic rings. The number of benzene rings is 1. The third-order valence-electron chi connectivity index (χ3n) is 4.12. The van der Waals surface area contributed by atoms with Gasteiger partial charge in [-0.2, -0.15) is 0 Å². The molecule has 1 saturated heterocycles. The van der Waals surface area contributed by atoms with Crippen LogP contribution in [0.4, 0.5) is 0 Å². The number of hydrogen-bond acceptors (Lipinski definition) is 3. The Morgan fingerprint density at radius 2 is 2.29 bits per heavy atom. The van der Waals surface area contributed by atoms with Crippen molar-refractivity contribution in [2.24, 2.45) is 5.73 Å². The van der Waals surface area contributed by atoms with Crippen LogP contribution in [0.25, 0.3) is 0 Å². The largest absolute Gasteiger partial charge is 0.484 e. The summed E-state index contributed by atoms with van der Waals surface area (Å²) in [5.41, 5.74) is 6.87. The zero-order chi connectivity index (χ0) is 15.1. The Bertz CT molecular complexity index is 460. The minimum absolute atomic E-state index is 0.0788. The quantitative estimate of drug-likeness (QED) is 0.875. The van der Waals surface area contributed by atoms with Crippen molar-refractivity contribution in [2.75, 3.05) is 19.7 Å². The lowest BCUT2D eigenvalue weighted by atomic mass is 9.99. The van der Waals surface area contributed by atoms with Crippen LogP contribution in [0.2, 0.25) is 0 Å². The highest BCUT2D eigenvalue weighted by atomic mass is 16.5. The summed E-state index contributed by atoms with van der Waals surface area (Å²) in [5, 5.41) is 0. The smallest absolute Gasteiger partial charge is 0.260 e. The highest BCUT2D eigenvalue weighted by molar-refractivity contribution is 5.78. The van der Waals surface area contributed by atoms with Crippen LogP contribution in [-0.4, -0.2) is 36.5 Å². The van der Waals surface area contributed by atoms with Crippen molar-refractivity contribution in [3.05, 3.63) is 29.8 Å². The zero-order valence-corrected chi connectivity index (χ0v) is 12.9. The van der Waals surface area contributed by atoms with Crippen molar-refractivity contribution >= 4 is 5.91 Å². The molecule has 21 heavy (non-hydrogen) atoms. The van der Waals surface area contributed by atoms with Crippen molar-refractivity contribution in [1.29, 1.82) is 0 Å². The summed E-state index contributed by atoms with van der Waals surface area (Å²) in [4.78, 5) is 14.3. The summed E-state index contributed by atoms with van der Waals surface area (Å²) in [6, 6.07) is 8.23. The van der Waals surface area contributed by atoms with E-state index in [2.05, 4.69) is 13.0 Å². The number of piperidine rings is 1. The van der Waals surface area contributed by atoms with Gasteiger partial charge in [-0.3, -0.25) is 4.79 Å². The molecular formula is C17H26N2O2. The van der Waals surface area contributed by atoms with Crippen molar-refractivity contribution in [3.8, 4) is 5.75 Å². The third kappa shape index (κ3) is 4.46. The summed E-state index contributed by atoms with van der Waals surface area (Å²) in [7, 11) is 0. The second-order valence-corrected chi connectivity index (χ2v) is 5.60. The van der Waals surface area contributed by atoms with E-state index >= 15 is 0 Å². The van der Waals surface area contributed by atoms with E-state index in [1.807, 2.05) is 23.1 Å². The van der Waals surface area contributed by atoms with Crippen LogP contribution in [0.1, 0.15) is 38.2 Å². The number of carbonyl (C=O) groups excluding carboxylic acids is 1. The maximum absolute atomic E-state index is 12.4. The molecule has 116 valence electrons. The number of likely N-dealkylation sites (tertiary alicyclic amines) is 1. The Labute approximate surface area is 127 Å². The average Bonchev–Trinajstić information content (AvgIpc) is 2.53. The summed E-state index contributed by atoms with van der Waals surface area (Å²) < 4.78 is 5.67. The van der Waals surface area contributed by atoms with Crippen LogP contribution in [0, 0.1) is 0 Å². The third-order valence-corrected chi connectivity index (χ3v) is 4.12. The topological polar surface area (TPSA) is 55.6 Å². The second-order valence-electron chi connectivity index (χ2n) is 5.60. The number of aryl methyl sites for hydroxylation is 1. The zero-order valence-electron chi connectivity index (χ0n) is 12.9. The van der Waals surface area contributed by atoms with E-state index in [1.165, 1.54) is 12.0 Å². The molecule has 0 spiro atoms. The first-order valence-corrected chi connectivity index (χ1v) is 7.96. The maximum Gasteiger partial charge on any atom is 0.260 e. The van der Waals surface area contributed by atoms with Gasteiger partial charge in [0, 0.05) is 12.6 Å². The molecule has 2 N–H and O–H groups in total. The van der Waals surface area contributed by atoms with Gasteiger partial charge in [0.1, 0.15) is 5.75 Å². The molecule has 1 aliphatic rings. The summed E-state index contributed by atoms with van der Waals surface area (Å²) >= 11 is 0. The predicted octanol–water partition coefficient (Wildman–Crippen LogP) is 2.36. The standard InChI is InChI=1S/C17H26N2O2/c1-2-14-6-5-8-16(12-14)21-13-17(20)19-11-4-3-7-15(19)9-10-18/h5-6,8,12,15H,2-4,7,9-11,13,18H2,1H3. The molecule has 1 aliphatic heterocycles. The van der Waals surface area contributed by atoms with E-state index < -0.39 is 0 Å².